The Bertz CT molecular complexity index is 496. The van der Waals surface area contributed by atoms with Gasteiger partial charge in [0.15, 0.2) is 0 Å². The number of halogens is 1. The van der Waals surface area contributed by atoms with E-state index in [9.17, 15) is 0 Å². The molecule has 0 amide bonds. The van der Waals surface area contributed by atoms with Gasteiger partial charge in [-0.15, -0.1) is 0 Å². The van der Waals surface area contributed by atoms with Gasteiger partial charge in [0.1, 0.15) is 18.1 Å². The third-order valence-electron chi connectivity index (χ3n) is 2.52. The molecular weight excluding hydrogens is 238 g/mol. The zero-order valence-electron chi connectivity index (χ0n) is 9.52. The number of hydrogen-bond acceptors (Lipinski definition) is 3. The van der Waals surface area contributed by atoms with E-state index in [1.165, 1.54) is 0 Å². The van der Waals surface area contributed by atoms with E-state index < -0.39 is 0 Å². The SMILES string of the molecule is COCc1ccc(C(N)c2ccccc2Cl)o1. The summed E-state index contributed by atoms with van der Waals surface area (Å²) in [5.41, 5.74) is 6.96. The van der Waals surface area contributed by atoms with Crippen LogP contribution in [0.3, 0.4) is 0 Å². The van der Waals surface area contributed by atoms with E-state index in [1.807, 2.05) is 36.4 Å². The molecule has 3 nitrogen and oxygen atoms in total. The zero-order valence-corrected chi connectivity index (χ0v) is 10.3. The zero-order chi connectivity index (χ0) is 12.3. The van der Waals surface area contributed by atoms with Crippen LogP contribution in [-0.2, 0) is 11.3 Å². The van der Waals surface area contributed by atoms with E-state index in [1.54, 1.807) is 7.11 Å². The highest BCUT2D eigenvalue weighted by Crippen LogP contribution is 2.27. The van der Waals surface area contributed by atoms with E-state index in [0.29, 0.717) is 17.4 Å². The highest BCUT2D eigenvalue weighted by Gasteiger charge is 2.15. The van der Waals surface area contributed by atoms with E-state index in [-0.39, 0.29) is 6.04 Å². The Balaban J connectivity index is 2.24. The van der Waals surface area contributed by atoms with Crippen LogP contribution < -0.4 is 5.73 Å². The molecule has 17 heavy (non-hydrogen) atoms. The van der Waals surface area contributed by atoms with Crippen molar-refractivity contribution >= 4 is 11.6 Å². The minimum absolute atomic E-state index is 0.352. The van der Waals surface area contributed by atoms with Crippen LogP contribution in [0.2, 0.25) is 5.02 Å². The van der Waals surface area contributed by atoms with Gasteiger partial charge < -0.3 is 14.9 Å². The largest absolute Gasteiger partial charge is 0.462 e. The first kappa shape index (κ1) is 12.2. The molecule has 0 radical (unpaired) electrons. The molecule has 0 saturated heterocycles. The topological polar surface area (TPSA) is 48.4 Å². The van der Waals surface area contributed by atoms with E-state index in [4.69, 9.17) is 26.5 Å². The summed E-state index contributed by atoms with van der Waals surface area (Å²) in [6.45, 7) is 0.440. The fourth-order valence-electron chi connectivity index (χ4n) is 1.66. The normalized spacial score (nSPS) is 12.6. The first-order valence-electron chi connectivity index (χ1n) is 5.30. The molecule has 4 heteroatoms. The molecule has 1 atom stereocenters. The lowest BCUT2D eigenvalue weighted by Gasteiger charge is -2.10. The van der Waals surface area contributed by atoms with Gasteiger partial charge >= 0.3 is 0 Å². The van der Waals surface area contributed by atoms with Crippen LogP contribution in [0.1, 0.15) is 23.1 Å². The predicted molar refractivity (Wildman–Crippen MR) is 66.9 cm³/mol. The molecule has 1 unspecified atom stereocenters. The molecular formula is C13H14ClNO2. The van der Waals surface area contributed by atoms with Crippen molar-refractivity contribution in [3.8, 4) is 0 Å². The van der Waals surface area contributed by atoms with Crippen molar-refractivity contribution in [2.75, 3.05) is 7.11 Å². The van der Waals surface area contributed by atoms with Gasteiger partial charge in [-0.05, 0) is 23.8 Å². The molecule has 1 aromatic heterocycles. The smallest absolute Gasteiger partial charge is 0.129 e. The summed E-state index contributed by atoms with van der Waals surface area (Å²) < 4.78 is 10.6. The molecule has 0 fully saturated rings. The van der Waals surface area contributed by atoms with Gasteiger partial charge in [0.05, 0.1) is 6.04 Å². The number of hydrogen-bond donors (Lipinski definition) is 1. The third-order valence-corrected chi connectivity index (χ3v) is 2.86. The Morgan fingerprint density at radius 2 is 2.06 bits per heavy atom. The predicted octanol–water partition coefficient (Wildman–Crippen LogP) is 3.13. The Labute approximate surface area is 105 Å². The molecule has 0 saturated carbocycles. The highest BCUT2D eigenvalue weighted by atomic mass is 35.5. The van der Waals surface area contributed by atoms with Crippen molar-refractivity contribution in [3.05, 3.63) is 58.5 Å². The summed E-state index contributed by atoms with van der Waals surface area (Å²) in [6.07, 6.45) is 0. The lowest BCUT2D eigenvalue weighted by atomic mass is 10.1. The maximum absolute atomic E-state index is 6.11. The summed E-state index contributed by atoms with van der Waals surface area (Å²) in [5.74, 6) is 1.44. The van der Waals surface area contributed by atoms with Crippen LogP contribution in [0.25, 0.3) is 0 Å². The summed E-state index contributed by atoms with van der Waals surface area (Å²) in [4.78, 5) is 0. The van der Waals surface area contributed by atoms with Gasteiger partial charge in [-0.2, -0.15) is 0 Å². The molecule has 0 aliphatic heterocycles. The van der Waals surface area contributed by atoms with Crippen molar-refractivity contribution in [1.82, 2.24) is 0 Å². The quantitative estimate of drug-likeness (QED) is 0.908. The summed E-state index contributed by atoms with van der Waals surface area (Å²) in [5, 5.41) is 0.643. The number of furan rings is 1. The lowest BCUT2D eigenvalue weighted by Crippen LogP contribution is -2.11. The fourth-order valence-corrected chi connectivity index (χ4v) is 1.92. The van der Waals surface area contributed by atoms with Gasteiger partial charge in [0.25, 0.3) is 0 Å². The first-order chi connectivity index (χ1) is 8.22. The average molecular weight is 252 g/mol. The van der Waals surface area contributed by atoms with Gasteiger partial charge in [-0.3, -0.25) is 0 Å². The van der Waals surface area contributed by atoms with E-state index in [0.717, 1.165) is 11.3 Å². The maximum Gasteiger partial charge on any atom is 0.129 e. The minimum atomic E-state index is -0.352. The van der Waals surface area contributed by atoms with Crippen molar-refractivity contribution in [1.29, 1.82) is 0 Å². The first-order valence-corrected chi connectivity index (χ1v) is 5.67. The van der Waals surface area contributed by atoms with Gasteiger partial charge in [-0.25, -0.2) is 0 Å². The Morgan fingerprint density at radius 1 is 1.29 bits per heavy atom. The molecule has 0 spiro atoms. The van der Waals surface area contributed by atoms with Crippen molar-refractivity contribution in [2.24, 2.45) is 5.73 Å². The van der Waals surface area contributed by atoms with Crippen LogP contribution in [0.15, 0.2) is 40.8 Å². The van der Waals surface area contributed by atoms with Crippen LogP contribution >= 0.6 is 11.6 Å². The van der Waals surface area contributed by atoms with Crippen molar-refractivity contribution in [2.45, 2.75) is 12.6 Å². The van der Waals surface area contributed by atoms with Crippen molar-refractivity contribution in [3.63, 3.8) is 0 Å². The van der Waals surface area contributed by atoms with Gasteiger partial charge in [-0.1, -0.05) is 29.8 Å². The molecule has 90 valence electrons. The van der Waals surface area contributed by atoms with Crippen molar-refractivity contribution < 1.29 is 9.15 Å². The second-order valence-electron chi connectivity index (χ2n) is 3.74. The monoisotopic (exact) mass is 251 g/mol. The Kier molecular flexibility index (Phi) is 3.84. The van der Waals surface area contributed by atoms with Crippen LogP contribution in [0, 0.1) is 0 Å². The molecule has 2 N–H and O–H groups in total. The summed E-state index contributed by atoms with van der Waals surface area (Å²) in [7, 11) is 1.62. The maximum atomic E-state index is 6.11. The molecule has 2 rings (SSSR count). The second-order valence-corrected chi connectivity index (χ2v) is 4.14. The number of benzene rings is 1. The Morgan fingerprint density at radius 3 is 2.76 bits per heavy atom. The van der Waals surface area contributed by atoms with E-state index >= 15 is 0 Å². The molecule has 2 aromatic rings. The summed E-state index contributed by atoms with van der Waals surface area (Å²) in [6, 6.07) is 10.8. The number of rotatable bonds is 4. The number of methoxy groups -OCH3 is 1. The highest BCUT2D eigenvalue weighted by molar-refractivity contribution is 6.31. The molecule has 1 aromatic carbocycles. The van der Waals surface area contributed by atoms with Gasteiger partial charge in [0.2, 0.25) is 0 Å². The average Bonchev–Trinajstić information content (AvgIpc) is 2.78. The van der Waals surface area contributed by atoms with Crippen LogP contribution in [0.5, 0.6) is 0 Å². The van der Waals surface area contributed by atoms with Crippen LogP contribution in [-0.4, -0.2) is 7.11 Å². The fraction of sp³-hybridized carbons (Fsp3) is 0.231. The van der Waals surface area contributed by atoms with Gasteiger partial charge in [0, 0.05) is 12.1 Å². The molecule has 0 aliphatic rings. The molecule has 0 bridgehead atoms. The lowest BCUT2D eigenvalue weighted by molar-refractivity contribution is 0.162. The molecule has 0 aliphatic carbocycles. The number of ether oxygens (including phenoxy) is 1. The standard InChI is InChI=1S/C13H14ClNO2/c1-16-8-9-6-7-12(17-9)13(15)10-4-2-3-5-11(10)14/h2-7,13H,8,15H2,1H3. The molecule has 1 heterocycles. The number of nitrogens with two attached hydrogens (primary N) is 1. The van der Waals surface area contributed by atoms with E-state index in [2.05, 4.69) is 0 Å². The summed E-state index contributed by atoms with van der Waals surface area (Å²) >= 11 is 6.09. The minimum Gasteiger partial charge on any atom is -0.462 e. The Hall–Kier alpha value is -1.29. The second kappa shape index (κ2) is 5.36. The third kappa shape index (κ3) is 2.69. The van der Waals surface area contributed by atoms with Crippen LogP contribution in [0.4, 0.5) is 0 Å².